The van der Waals surface area contributed by atoms with E-state index in [2.05, 4.69) is 10.3 Å². The number of amides is 1. The average molecular weight is 504 g/mol. The van der Waals surface area contributed by atoms with Gasteiger partial charge >= 0.3 is 6.18 Å². The van der Waals surface area contributed by atoms with Gasteiger partial charge in [0, 0.05) is 55.5 Å². The number of nitrogens with zero attached hydrogens (tertiary/aromatic N) is 2. The molecule has 192 valence electrons. The molecule has 1 aromatic heterocycles. The van der Waals surface area contributed by atoms with E-state index in [1.165, 1.54) is 12.1 Å². The number of carbonyl (C=O) groups is 1. The standard InChI is InChI=1S/C27H29F4N3O2/c28-19-3-4-24-21(12-19)23(6-9-36-24)33-20-11-17-2-1-7-26(17,13-20)25(35)34-8-5-22-16(15-34)10-18(14-32-22)27(29,30)31/h3-4,10,12,14,17,20,23,33H,1-2,5-9,11,13,15H2/t17-,20?,23+,26-/m1/s1. The molecule has 2 saturated carbocycles. The van der Waals surface area contributed by atoms with E-state index in [9.17, 15) is 22.4 Å². The fourth-order valence-corrected chi connectivity index (χ4v) is 7.01. The molecule has 36 heavy (non-hydrogen) atoms. The minimum atomic E-state index is -4.46. The minimum absolute atomic E-state index is 0.0332. The molecule has 5 nitrogen and oxygen atoms in total. The van der Waals surface area contributed by atoms with Crippen molar-refractivity contribution in [2.75, 3.05) is 13.2 Å². The summed E-state index contributed by atoms with van der Waals surface area (Å²) in [6.07, 6.45) is 1.96. The summed E-state index contributed by atoms with van der Waals surface area (Å²) in [6.45, 7) is 1.20. The number of halogens is 4. The Morgan fingerprint density at radius 3 is 2.92 bits per heavy atom. The van der Waals surface area contributed by atoms with Gasteiger partial charge in [-0.25, -0.2) is 4.39 Å². The van der Waals surface area contributed by atoms with E-state index >= 15 is 0 Å². The van der Waals surface area contributed by atoms with Gasteiger partial charge < -0.3 is 15.0 Å². The zero-order valence-electron chi connectivity index (χ0n) is 19.9. The topological polar surface area (TPSA) is 54.5 Å². The molecule has 1 aromatic carbocycles. The van der Waals surface area contributed by atoms with Crippen molar-refractivity contribution in [3.8, 4) is 5.75 Å². The Morgan fingerprint density at radius 1 is 1.22 bits per heavy atom. The minimum Gasteiger partial charge on any atom is -0.493 e. The predicted octanol–water partition coefficient (Wildman–Crippen LogP) is 5.19. The van der Waals surface area contributed by atoms with Gasteiger partial charge in [0.25, 0.3) is 0 Å². The van der Waals surface area contributed by atoms with Gasteiger partial charge in [0.1, 0.15) is 11.6 Å². The van der Waals surface area contributed by atoms with Crippen molar-refractivity contribution in [3.05, 3.63) is 58.7 Å². The number of alkyl halides is 3. The van der Waals surface area contributed by atoms with Crippen LogP contribution in [-0.4, -0.2) is 35.0 Å². The summed E-state index contributed by atoms with van der Waals surface area (Å²) in [4.78, 5) is 19.8. The average Bonchev–Trinajstić information content (AvgIpc) is 3.40. The fourth-order valence-electron chi connectivity index (χ4n) is 7.01. The molecule has 2 fully saturated rings. The van der Waals surface area contributed by atoms with Crippen LogP contribution < -0.4 is 10.1 Å². The first-order chi connectivity index (χ1) is 17.2. The number of nitrogens with one attached hydrogen (secondary N) is 1. The Morgan fingerprint density at radius 2 is 2.08 bits per heavy atom. The smallest absolute Gasteiger partial charge is 0.417 e. The van der Waals surface area contributed by atoms with Gasteiger partial charge in [-0.05, 0) is 61.4 Å². The zero-order chi connectivity index (χ0) is 25.1. The lowest BCUT2D eigenvalue weighted by Gasteiger charge is -2.37. The fraction of sp³-hybridized carbons (Fsp3) is 0.556. The molecule has 0 bridgehead atoms. The van der Waals surface area contributed by atoms with Crippen molar-refractivity contribution in [2.45, 2.75) is 69.8 Å². The molecule has 4 atom stereocenters. The van der Waals surface area contributed by atoms with Crippen LogP contribution in [0.2, 0.25) is 0 Å². The summed E-state index contributed by atoms with van der Waals surface area (Å²) in [5.74, 6) is 0.712. The van der Waals surface area contributed by atoms with Crippen LogP contribution in [0.3, 0.4) is 0 Å². The summed E-state index contributed by atoms with van der Waals surface area (Å²) in [6, 6.07) is 5.82. The molecular weight excluding hydrogens is 474 g/mol. The molecule has 9 heteroatoms. The maximum atomic E-state index is 14.0. The molecule has 6 rings (SSSR count). The number of fused-ring (bicyclic) bond motifs is 3. The van der Waals surface area contributed by atoms with Gasteiger partial charge in [-0.15, -0.1) is 0 Å². The first-order valence-corrected chi connectivity index (χ1v) is 12.8. The third kappa shape index (κ3) is 4.05. The van der Waals surface area contributed by atoms with Crippen molar-refractivity contribution >= 4 is 5.91 Å². The summed E-state index contributed by atoms with van der Waals surface area (Å²) in [7, 11) is 0. The van der Waals surface area contributed by atoms with Crippen molar-refractivity contribution in [1.82, 2.24) is 15.2 Å². The number of ether oxygens (including phenoxy) is 1. The van der Waals surface area contributed by atoms with E-state index < -0.39 is 17.2 Å². The molecule has 0 spiro atoms. The number of carbonyl (C=O) groups excluding carboxylic acids is 1. The second-order valence-corrected chi connectivity index (χ2v) is 10.7. The van der Waals surface area contributed by atoms with E-state index in [-0.39, 0.29) is 36.3 Å². The monoisotopic (exact) mass is 503 g/mol. The van der Waals surface area contributed by atoms with Gasteiger partial charge in [0.15, 0.2) is 0 Å². The van der Waals surface area contributed by atoms with Crippen LogP contribution >= 0.6 is 0 Å². The number of hydrogen-bond acceptors (Lipinski definition) is 4. The van der Waals surface area contributed by atoms with Crippen LogP contribution in [0.25, 0.3) is 0 Å². The lowest BCUT2D eigenvalue weighted by atomic mass is 9.78. The Labute approximate surface area is 207 Å². The number of aromatic nitrogens is 1. The Balaban J connectivity index is 1.20. The van der Waals surface area contributed by atoms with Crippen molar-refractivity contribution in [3.63, 3.8) is 0 Å². The second-order valence-electron chi connectivity index (χ2n) is 10.7. The highest BCUT2D eigenvalue weighted by molar-refractivity contribution is 5.84. The number of rotatable bonds is 3. The summed E-state index contributed by atoms with van der Waals surface area (Å²) >= 11 is 0. The van der Waals surface area contributed by atoms with Crippen molar-refractivity contribution in [2.24, 2.45) is 11.3 Å². The van der Waals surface area contributed by atoms with E-state index in [1.54, 1.807) is 11.0 Å². The number of benzene rings is 1. The van der Waals surface area contributed by atoms with Crippen LogP contribution in [0.5, 0.6) is 5.75 Å². The normalized spacial score (nSPS) is 29.3. The third-order valence-electron chi connectivity index (χ3n) is 8.66. The Kier molecular flexibility index (Phi) is 5.74. The molecule has 0 saturated heterocycles. The summed E-state index contributed by atoms with van der Waals surface area (Å²) in [5, 5.41) is 3.70. The Bertz CT molecular complexity index is 1190. The first kappa shape index (κ1) is 23.7. The first-order valence-electron chi connectivity index (χ1n) is 12.8. The number of hydrogen-bond donors (Lipinski definition) is 1. The molecule has 2 aliphatic carbocycles. The van der Waals surface area contributed by atoms with Crippen LogP contribution in [0.15, 0.2) is 30.5 Å². The maximum absolute atomic E-state index is 14.0. The van der Waals surface area contributed by atoms with E-state index in [1.807, 2.05) is 0 Å². The molecule has 3 heterocycles. The highest BCUT2D eigenvalue weighted by Crippen LogP contribution is 2.56. The largest absolute Gasteiger partial charge is 0.493 e. The van der Waals surface area contributed by atoms with Gasteiger partial charge in [0.2, 0.25) is 5.91 Å². The lowest BCUT2D eigenvalue weighted by molar-refractivity contribution is -0.144. The van der Waals surface area contributed by atoms with Crippen LogP contribution in [-0.2, 0) is 23.9 Å². The Hall–Kier alpha value is -2.68. The highest BCUT2D eigenvalue weighted by atomic mass is 19.4. The quantitative estimate of drug-likeness (QED) is 0.586. The molecule has 1 amide bonds. The van der Waals surface area contributed by atoms with Crippen LogP contribution in [0, 0.1) is 17.2 Å². The molecule has 1 N–H and O–H groups in total. The van der Waals surface area contributed by atoms with Crippen LogP contribution in [0.1, 0.15) is 67.0 Å². The zero-order valence-corrected chi connectivity index (χ0v) is 19.9. The van der Waals surface area contributed by atoms with E-state index in [4.69, 9.17) is 4.74 Å². The van der Waals surface area contributed by atoms with Crippen molar-refractivity contribution in [1.29, 1.82) is 0 Å². The molecular formula is C27H29F4N3O2. The van der Waals surface area contributed by atoms with Crippen molar-refractivity contribution < 1.29 is 27.1 Å². The van der Waals surface area contributed by atoms with E-state index in [0.29, 0.717) is 43.0 Å². The summed E-state index contributed by atoms with van der Waals surface area (Å²) < 4.78 is 59.3. The molecule has 1 unspecified atom stereocenters. The molecule has 2 aliphatic heterocycles. The van der Waals surface area contributed by atoms with Gasteiger partial charge in [0.05, 0.1) is 17.6 Å². The van der Waals surface area contributed by atoms with Gasteiger partial charge in [-0.3, -0.25) is 9.78 Å². The number of pyridine rings is 1. The van der Waals surface area contributed by atoms with Crippen LogP contribution in [0.4, 0.5) is 17.6 Å². The third-order valence-corrected chi connectivity index (χ3v) is 8.66. The van der Waals surface area contributed by atoms with E-state index in [0.717, 1.165) is 49.9 Å². The maximum Gasteiger partial charge on any atom is 0.417 e. The SMILES string of the molecule is O=C(N1CCc2ncc(C(F)(F)F)cc2C1)[C@@]12CCC[C@@H]1CC(N[C@H]1CCOc3ccc(F)cc31)C2. The lowest BCUT2D eigenvalue weighted by Crippen LogP contribution is -2.47. The predicted molar refractivity (Wildman–Crippen MR) is 124 cm³/mol. The summed E-state index contributed by atoms with van der Waals surface area (Å²) in [5.41, 5.74) is 0.693. The van der Waals surface area contributed by atoms with Gasteiger partial charge in [-0.2, -0.15) is 13.2 Å². The molecule has 2 aromatic rings. The highest BCUT2D eigenvalue weighted by Gasteiger charge is 2.56. The molecule has 4 aliphatic rings. The molecule has 0 radical (unpaired) electrons. The second kappa shape index (κ2) is 8.71. The van der Waals surface area contributed by atoms with Gasteiger partial charge in [-0.1, -0.05) is 6.42 Å².